The van der Waals surface area contributed by atoms with Crippen LogP contribution in [0.2, 0.25) is 0 Å². The van der Waals surface area contributed by atoms with E-state index in [1.54, 1.807) is 13.0 Å². The molecular weight excluding hydrogens is 210 g/mol. The largest absolute Gasteiger partial charge is 0.456 e. The SMILES string of the molecule is CCOC(=O)C#Cc1cccc([N+](=O)[O-])c1. The van der Waals surface area contributed by atoms with E-state index in [1.165, 1.54) is 18.2 Å². The van der Waals surface area contributed by atoms with Crippen LogP contribution in [0.15, 0.2) is 24.3 Å². The number of hydrogen-bond donors (Lipinski definition) is 0. The van der Waals surface area contributed by atoms with Gasteiger partial charge in [0.2, 0.25) is 0 Å². The predicted octanol–water partition coefficient (Wildman–Crippen LogP) is 1.51. The van der Waals surface area contributed by atoms with Crippen molar-refractivity contribution in [2.24, 2.45) is 0 Å². The maximum Gasteiger partial charge on any atom is 0.384 e. The number of esters is 1. The third kappa shape index (κ3) is 3.42. The van der Waals surface area contributed by atoms with Gasteiger partial charge in [-0.3, -0.25) is 10.1 Å². The van der Waals surface area contributed by atoms with E-state index >= 15 is 0 Å². The van der Waals surface area contributed by atoms with Gasteiger partial charge in [0.15, 0.2) is 0 Å². The van der Waals surface area contributed by atoms with Gasteiger partial charge in [0, 0.05) is 23.6 Å². The second kappa shape index (κ2) is 5.51. The number of nitro groups is 1. The Balaban J connectivity index is 2.85. The Morgan fingerprint density at radius 3 is 2.94 bits per heavy atom. The first kappa shape index (κ1) is 11.7. The molecule has 0 amide bonds. The zero-order valence-electron chi connectivity index (χ0n) is 8.60. The molecule has 16 heavy (non-hydrogen) atoms. The van der Waals surface area contributed by atoms with E-state index in [-0.39, 0.29) is 12.3 Å². The van der Waals surface area contributed by atoms with Crippen LogP contribution in [-0.2, 0) is 9.53 Å². The molecule has 0 aliphatic heterocycles. The van der Waals surface area contributed by atoms with Gasteiger partial charge in [0.1, 0.15) is 0 Å². The molecule has 0 radical (unpaired) electrons. The van der Waals surface area contributed by atoms with Crippen molar-refractivity contribution in [2.75, 3.05) is 6.61 Å². The van der Waals surface area contributed by atoms with E-state index in [2.05, 4.69) is 16.6 Å². The lowest BCUT2D eigenvalue weighted by Crippen LogP contribution is -1.99. The van der Waals surface area contributed by atoms with E-state index in [0.717, 1.165) is 0 Å². The highest BCUT2D eigenvalue weighted by Crippen LogP contribution is 2.11. The maximum atomic E-state index is 10.9. The number of nitrogens with zero attached hydrogens (tertiary/aromatic N) is 1. The molecule has 0 saturated heterocycles. The summed E-state index contributed by atoms with van der Waals surface area (Å²) in [6.45, 7) is 1.93. The van der Waals surface area contributed by atoms with E-state index in [4.69, 9.17) is 0 Å². The smallest absolute Gasteiger partial charge is 0.384 e. The van der Waals surface area contributed by atoms with Crippen LogP contribution in [-0.4, -0.2) is 17.5 Å². The molecule has 0 fully saturated rings. The number of hydrogen-bond acceptors (Lipinski definition) is 4. The average molecular weight is 219 g/mol. The van der Waals surface area contributed by atoms with Gasteiger partial charge < -0.3 is 4.74 Å². The fourth-order valence-corrected chi connectivity index (χ4v) is 0.988. The number of carbonyl (C=O) groups is 1. The van der Waals surface area contributed by atoms with Crippen LogP contribution in [0.4, 0.5) is 5.69 Å². The molecular formula is C11H9NO4. The van der Waals surface area contributed by atoms with Gasteiger partial charge in [0.05, 0.1) is 11.5 Å². The summed E-state index contributed by atoms with van der Waals surface area (Å²) in [6, 6.07) is 5.74. The fourth-order valence-electron chi connectivity index (χ4n) is 0.988. The highest BCUT2D eigenvalue weighted by atomic mass is 16.6. The van der Waals surface area contributed by atoms with Crippen molar-refractivity contribution in [2.45, 2.75) is 6.92 Å². The van der Waals surface area contributed by atoms with Crippen LogP contribution < -0.4 is 0 Å². The number of ether oxygens (including phenoxy) is 1. The number of nitro benzene ring substituents is 1. The summed E-state index contributed by atoms with van der Waals surface area (Å²) in [7, 11) is 0. The number of rotatable bonds is 2. The van der Waals surface area contributed by atoms with Crippen molar-refractivity contribution in [3.8, 4) is 11.8 Å². The molecule has 0 bridgehead atoms. The lowest BCUT2D eigenvalue weighted by atomic mass is 10.2. The number of carbonyl (C=O) groups excluding carboxylic acids is 1. The molecule has 0 spiro atoms. The summed E-state index contributed by atoms with van der Waals surface area (Å²) >= 11 is 0. The zero-order chi connectivity index (χ0) is 12.0. The van der Waals surface area contributed by atoms with Crippen LogP contribution in [0.3, 0.4) is 0 Å². The first-order valence-corrected chi connectivity index (χ1v) is 4.56. The van der Waals surface area contributed by atoms with Gasteiger partial charge in [-0.05, 0) is 13.0 Å². The third-order valence-electron chi connectivity index (χ3n) is 1.64. The summed E-state index contributed by atoms with van der Waals surface area (Å²) in [5, 5.41) is 10.5. The predicted molar refractivity (Wildman–Crippen MR) is 56.6 cm³/mol. The Morgan fingerprint density at radius 2 is 2.31 bits per heavy atom. The van der Waals surface area contributed by atoms with Gasteiger partial charge in [-0.15, -0.1) is 0 Å². The molecule has 0 aliphatic rings. The normalized spacial score (nSPS) is 8.81. The van der Waals surface area contributed by atoms with Gasteiger partial charge in [-0.2, -0.15) is 0 Å². The molecule has 1 rings (SSSR count). The highest BCUT2D eigenvalue weighted by Gasteiger charge is 2.03. The molecule has 5 nitrogen and oxygen atoms in total. The number of non-ortho nitro benzene ring substituents is 1. The molecule has 0 atom stereocenters. The molecule has 0 N–H and O–H groups in total. The molecule has 0 heterocycles. The lowest BCUT2D eigenvalue weighted by molar-refractivity contribution is -0.384. The van der Waals surface area contributed by atoms with Crippen LogP contribution >= 0.6 is 0 Å². The topological polar surface area (TPSA) is 69.4 Å². The summed E-state index contributed by atoms with van der Waals surface area (Å²) in [4.78, 5) is 20.8. The van der Waals surface area contributed by atoms with E-state index in [0.29, 0.717) is 5.56 Å². The Labute approximate surface area is 92.2 Å². The molecule has 5 heteroatoms. The monoisotopic (exact) mass is 219 g/mol. The Kier molecular flexibility index (Phi) is 4.04. The van der Waals surface area contributed by atoms with Gasteiger partial charge in [0.25, 0.3) is 5.69 Å². The standard InChI is InChI=1S/C11H9NO4/c1-2-16-11(13)7-6-9-4-3-5-10(8-9)12(14)15/h3-5,8H,2H2,1H3. The van der Waals surface area contributed by atoms with Crippen molar-refractivity contribution in [1.29, 1.82) is 0 Å². The van der Waals surface area contributed by atoms with Crippen molar-refractivity contribution in [1.82, 2.24) is 0 Å². The molecule has 1 aromatic carbocycles. The Bertz CT molecular complexity index is 470. The fraction of sp³-hybridized carbons (Fsp3) is 0.182. The number of benzene rings is 1. The van der Waals surface area contributed by atoms with Crippen LogP contribution in [0.1, 0.15) is 12.5 Å². The average Bonchev–Trinajstić information content (AvgIpc) is 2.27. The van der Waals surface area contributed by atoms with Crippen molar-refractivity contribution in [3.63, 3.8) is 0 Å². The van der Waals surface area contributed by atoms with Crippen molar-refractivity contribution in [3.05, 3.63) is 39.9 Å². The van der Waals surface area contributed by atoms with Gasteiger partial charge in [-0.25, -0.2) is 4.79 Å². The molecule has 1 aromatic rings. The van der Waals surface area contributed by atoms with E-state index in [1.807, 2.05) is 0 Å². The highest BCUT2D eigenvalue weighted by molar-refractivity contribution is 5.89. The zero-order valence-corrected chi connectivity index (χ0v) is 8.60. The summed E-state index contributed by atoms with van der Waals surface area (Å²) in [5.41, 5.74) is 0.345. The summed E-state index contributed by atoms with van der Waals surface area (Å²) in [6.07, 6.45) is 0. The Hall–Kier alpha value is -2.35. The van der Waals surface area contributed by atoms with E-state index < -0.39 is 10.9 Å². The quantitative estimate of drug-likeness (QED) is 0.327. The van der Waals surface area contributed by atoms with Crippen molar-refractivity contribution >= 4 is 11.7 Å². The second-order valence-corrected chi connectivity index (χ2v) is 2.78. The Morgan fingerprint density at radius 1 is 1.56 bits per heavy atom. The third-order valence-corrected chi connectivity index (χ3v) is 1.64. The van der Waals surface area contributed by atoms with Crippen LogP contribution in [0.5, 0.6) is 0 Å². The van der Waals surface area contributed by atoms with Gasteiger partial charge in [-0.1, -0.05) is 12.0 Å². The first-order chi connectivity index (χ1) is 7.63. The molecule has 0 saturated carbocycles. The van der Waals surface area contributed by atoms with Crippen LogP contribution in [0, 0.1) is 22.0 Å². The molecule has 82 valence electrons. The minimum Gasteiger partial charge on any atom is -0.456 e. The molecule has 0 unspecified atom stereocenters. The van der Waals surface area contributed by atoms with Gasteiger partial charge >= 0.3 is 5.97 Å². The minimum atomic E-state index is -0.644. The summed E-state index contributed by atoms with van der Waals surface area (Å²) < 4.78 is 4.59. The first-order valence-electron chi connectivity index (χ1n) is 4.56. The molecule has 0 aromatic heterocycles. The lowest BCUT2D eigenvalue weighted by Gasteiger charge is -1.92. The van der Waals surface area contributed by atoms with Crippen molar-refractivity contribution < 1.29 is 14.5 Å². The van der Waals surface area contributed by atoms with Crippen LogP contribution in [0.25, 0.3) is 0 Å². The second-order valence-electron chi connectivity index (χ2n) is 2.78. The molecule has 0 aliphatic carbocycles. The minimum absolute atomic E-state index is 0.0596. The maximum absolute atomic E-state index is 10.9. The van der Waals surface area contributed by atoms with E-state index in [9.17, 15) is 14.9 Å². The summed E-state index contributed by atoms with van der Waals surface area (Å²) in [5.74, 6) is 4.08.